The first-order valence-electron chi connectivity index (χ1n) is 4.58. The van der Waals surface area contributed by atoms with Crippen LogP contribution in [0.15, 0.2) is 28.7 Å². The molecule has 16 heavy (non-hydrogen) atoms. The summed E-state index contributed by atoms with van der Waals surface area (Å²) in [7, 11) is 0. The van der Waals surface area contributed by atoms with Gasteiger partial charge in [-0.2, -0.15) is 5.26 Å². The molecular formula is C11H8BrN3O. The maximum absolute atomic E-state index is 8.92. The molecule has 4 nitrogen and oxygen atoms in total. The lowest BCUT2D eigenvalue weighted by Crippen LogP contribution is -1.88. The van der Waals surface area contributed by atoms with Crippen LogP contribution in [0.1, 0.15) is 11.3 Å². The highest BCUT2D eigenvalue weighted by Crippen LogP contribution is 2.27. The highest BCUT2D eigenvalue weighted by atomic mass is 79.9. The molecular weight excluding hydrogens is 270 g/mol. The van der Waals surface area contributed by atoms with Gasteiger partial charge in [-0.3, -0.25) is 5.10 Å². The maximum atomic E-state index is 8.92. The Morgan fingerprint density at radius 2 is 2.25 bits per heavy atom. The van der Waals surface area contributed by atoms with Crippen molar-refractivity contribution < 1.29 is 4.74 Å². The second kappa shape index (κ2) is 4.37. The third-order valence-corrected chi connectivity index (χ3v) is 2.45. The fourth-order valence-corrected chi connectivity index (χ4v) is 1.57. The number of H-pyrrole nitrogens is 1. The van der Waals surface area contributed by atoms with E-state index in [1.165, 1.54) is 0 Å². The second-order valence-electron chi connectivity index (χ2n) is 3.24. The van der Waals surface area contributed by atoms with Crippen molar-refractivity contribution in [2.24, 2.45) is 0 Å². The fourth-order valence-electron chi connectivity index (χ4n) is 1.23. The molecule has 2 rings (SSSR count). The first-order valence-corrected chi connectivity index (χ1v) is 5.38. The summed E-state index contributed by atoms with van der Waals surface area (Å²) in [6.45, 7) is 1.88. The van der Waals surface area contributed by atoms with Crippen LogP contribution in [0.4, 0.5) is 0 Å². The van der Waals surface area contributed by atoms with Gasteiger partial charge in [0.1, 0.15) is 11.8 Å². The van der Waals surface area contributed by atoms with E-state index in [0.717, 1.165) is 10.2 Å². The lowest BCUT2D eigenvalue weighted by molar-refractivity contribution is 0.460. The summed E-state index contributed by atoms with van der Waals surface area (Å²) in [4.78, 5) is 0. The lowest BCUT2D eigenvalue weighted by atomic mass is 10.2. The lowest BCUT2D eigenvalue weighted by Gasteiger charge is -2.04. The van der Waals surface area contributed by atoms with Gasteiger partial charge in [-0.25, -0.2) is 0 Å². The number of hydrogen-bond donors (Lipinski definition) is 1. The van der Waals surface area contributed by atoms with E-state index in [2.05, 4.69) is 32.2 Å². The maximum Gasteiger partial charge on any atom is 0.238 e. The molecule has 2 aromatic rings. The van der Waals surface area contributed by atoms with Crippen molar-refractivity contribution >= 4 is 15.9 Å². The SMILES string of the molecule is Cc1cc(Oc2cc(Br)ccc2C#N)n[nH]1. The predicted octanol–water partition coefficient (Wildman–Crippen LogP) is 3.14. The van der Waals surface area contributed by atoms with Crippen molar-refractivity contribution in [3.05, 3.63) is 40.0 Å². The van der Waals surface area contributed by atoms with Crippen LogP contribution in [-0.4, -0.2) is 10.2 Å². The third-order valence-electron chi connectivity index (χ3n) is 1.96. The summed E-state index contributed by atoms with van der Waals surface area (Å²) >= 11 is 3.33. The number of nitrogens with zero attached hydrogens (tertiary/aromatic N) is 2. The Kier molecular flexibility index (Phi) is 2.93. The summed E-state index contributed by atoms with van der Waals surface area (Å²) in [5.74, 6) is 0.940. The normalized spacial score (nSPS) is 9.81. The molecule has 0 fully saturated rings. The molecule has 1 aromatic heterocycles. The largest absolute Gasteiger partial charge is 0.436 e. The first kappa shape index (κ1) is 10.7. The van der Waals surface area contributed by atoms with Crippen molar-refractivity contribution in [3.8, 4) is 17.7 Å². The van der Waals surface area contributed by atoms with Crippen molar-refractivity contribution in [3.63, 3.8) is 0 Å². The van der Waals surface area contributed by atoms with E-state index in [4.69, 9.17) is 10.00 Å². The minimum atomic E-state index is 0.451. The van der Waals surface area contributed by atoms with Crippen LogP contribution in [0, 0.1) is 18.3 Å². The number of ether oxygens (including phenoxy) is 1. The minimum absolute atomic E-state index is 0.451. The average molecular weight is 278 g/mol. The van der Waals surface area contributed by atoms with E-state index in [1.54, 1.807) is 24.3 Å². The van der Waals surface area contributed by atoms with Crippen molar-refractivity contribution in [2.45, 2.75) is 6.92 Å². The molecule has 80 valence electrons. The molecule has 0 spiro atoms. The van der Waals surface area contributed by atoms with Gasteiger partial charge in [0.25, 0.3) is 0 Å². The number of hydrogen-bond acceptors (Lipinski definition) is 3. The highest BCUT2D eigenvalue weighted by molar-refractivity contribution is 9.10. The van der Waals surface area contributed by atoms with E-state index >= 15 is 0 Å². The first-order chi connectivity index (χ1) is 7.69. The minimum Gasteiger partial charge on any atom is -0.436 e. The molecule has 0 aliphatic carbocycles. The topological polar surface area (TPSA) is 61.7 Å². The van der Waals surface area contributed by atoms with Gasteiger partial charge in [-0.05, 0) is 25.1 Å². The van der Waals surface area contributed by atoms with Gasteiger partial charge >= 0.3 is 0 Å². The number of aromatic amines is 1. The molecule has 0 amide bonds. The summed E-state index contributed by atoms with van der Waals surface area (Å²) in [5, 5.41) is 15.6. The quantitative estimate of drug-likeness (QED) is 0.917. The molecule has 0 aliphatic rings. The number of nitriles is 1. The van der Waals surface area contributed by atoms with Crippen LogP contribution in [0.2, 0.25) is 0 Å². The van der Waals surface area contributed by atoms with Gasteiger partial charge in [0, 0.05) is 16.2 Å². The molecule has 0 saturated carbocycles. The molecule has 0 atom stereocenters. The number of benzene rings is 1. The fraction of sp³-hybridized carbons (Fsp3) is 0.0909. The zero-order valence-corrected chi connectivity index (χ0v) is 10.1. The Balaban J connectivity index is 2.34. The van der Waals surface area contributed by atoms with E-state index in [0.29, 0.717) is 17.2 Å². The van der Waals surface area contributed by atoms with Crippen molar-refractivity contribution in [1.82, 2.24) is 10.2 Å². The number of rotatable bonds is 2. The molecule has 0 bridgehead atoms. The molecule has 0 aliphatic heterocycles. The standard InChI is InChI=1S/C11H8BrN3O/c1-7-4-11(15-14-7)16-10-5-9(12)3-2-8(10)6-13/h2-5H,1H3,(H,14,15). The monoisotopic (exact) mass is 277 g/mol. The number of halogens is 1. The van der Waals surface area contributed by atoms with Crippen LogP contribution in [0.5, 0.6) is 11.6 Å². The van der Waals surface area contributed by atoms with E-state index in [1.807, 2.05) is 6.92 Å². The molecule has 1 aromatic carbocycles. The predicted molar refractivity (Wildman–Crippen MR) is 62.3 cm³/mol. The second-order valence-corrected chi connectivity index (χ2v) is 4.16. The van der Waals surface area contributed by atoms with Crippen LogP contribution in [0.3, 0.4) is 0 Å². The smallest absolute Gasteiger partial charge is 0.238 e. The molecule has 0 radical (unpaired) electrons. The third kappa shape index (κ3) is 2.23. The summed E-state index contributed by atoms with van der Waals surface area (Å²) < 4.78 is 6.36. The van der Waals surface area contributed by atoms with E-state index < -0.39 is 0 Å². The number of aryl methyl sites for hydroxylation is 1. The molecule has 1 N–H and O–H groups in total. The van der Waals surface area contributed by atoms with Gasteiger partial charge in [-0.1, -0.05) is 15.9 Å². The Hall–Kier alpha value is -1.80. The van der Waals surface area contributed by atoms with Gasteiger partial charge in [0.15, 0.2) is 0 Å². The Bertz CT molecular complexity index is 557. The number of nitrogens with one attached hydrogen (secondary N) is 1. The van der Waals surface area contributed by atoms with Crippen LogP contribution >= 0.6 is 15.9 Å². The molecule has 0 saturated heterocycles. The van der Waals surface area contributed by atoms with Gasteiger partial charge in [0.2, 0.25) is 5.88 Å². The zero-order chi connectivity index (χ0) is 11.5. The Labute approximate surface area is 101 Å². The average Bonchev–Trinajstić information content (AvgIpc) is 2.64. The van der Waals surface area contributed by atoms with Gasteiger partial charge < -0.3 is 4.74 Å². The molecule has 5 heteroatoms. The van der Waals surface area contributed by atoms with Crippen molar-refractivity contribution in [1.29, 1.82) is 5.26 Å². The summed E-state index contributed by atoms with van der Waals surface area (Å²) in [5.41, 5.74) is 1.38. The Morgan fingerprint density at radius 3 is 2.88 bits per heavy atom. The van der Waals surface area contributed by atoms with E-state index in [9.17, 15) is 0 Å². The Morgan fingerprint density at radius 1 is 1.44 bits per heavy atom. The number of aromatic nitrogens is 2. The van der Waals surface area contributed by atoms with E-state index in [-0.39, 0.29) is 0 Å². The summed E-state index contributed by atoms with van der Waals surface area (Å²) in [6, 6.07) is 9.06. The molecule has 1 heterocycles. The van der Waals surface area contributed by atoms with Gasteiger partial charge in [-0.15, -0.1) is 5.10 Å². The zero-order valence-electron chi connectivity index (χ0n) is 8.49. The highest BCUT2D eigenvalue weighted by Gasteiger charge is 2.07. The van der Waals surface area contributed by atoms with Crippen LogP contribution < -0.4 is 4.74 Å². The molecule has 0 unspecified atom stereocenters. The summed E-state index contributed by atoms with van der Waals surface area (Å²) in [6.07, 6.45) is 0. The van der Waals surface area contributed by atoms with Crippen molar-refractivity contribution in [2.75, 3.05) is 0 Å². The van der Waals surface area contributed by atoms with Gasteiger partial charge in [0.05, 0.1) is 5.56 Å². The van der Waals surface area contributed by atoms with Crippen LogP contribution in [-0.2, 0) is 0 Å². The van der Waals surface area contributed by atoms with Crippen LogP contribution in [0.25, 0.3) is 0 Å².